The van der Waals surface area contributed by atoms with E-state index in [0.29, 0.717) is 41.0 Å². The molecule has 1 aromatic heterocycles. The Morgan fingerprint density at radius 3 is 2.51 bits per heavy atom. The van der Waals surface area contributed by atoms with Crippen LogP contribution in [0.15, 0.2) is 59.8 Å². The number of hydrogen-bond donors (Lipinski definition) is 2. The second-order valence-electron chi connectivity index (χ2n) is 10.5. The predicted octanol–water partition coefficient (Wildman–Crippen LogP) is 8.53. The van der Waals surface area contributed by atoms with Gasteiger partial charge in [0.15, 0.2) is 5.16 Å². The number of halogens is 4. The highest BCUT2D eigenvalue weighted by molar-refractivity contribution is 7.98. The van der Waals surface area contributed by atoms with Crippen LogP contribution < -0.4 is 5.32 Å². The first kappa shape index (κ1) is 29.3. The van der Waals surface area contributed by atoms with Crippen molar-refractivity contribution in [3.8, 4) is 5.69 Å². The fraction of sp³-hybridized carbons (Fsp3) is 0.312. The number of nitrogens with one attached hydrogen (secondary N) is 2. The van der Waals surface area contributed by atoms with E-state index in [1.54, 1.807) is 19.1 Å². The molecule has 2 N–H and O–H groups in total. The molecule has 4 aromatic rings. The van der Waals surface area contributed by atoms with Crippen molar-refractivity contribution in [1.29, 1.82) is 5.41 Å². The number of aromatic nitrogens is 2. The van der Waals surface area contributed by atoms with E-state index in [0.717, 1.165) is 47.5 Å². The maximum Gasteiger partial charge on any atom is 0.173 e. The smallest absolute Gasteiger partial charge is 0.173 e. The second-order valence-corrected chi connectivity index (χ2v) is 11.8. The first-order chi connectivity index (χ1) is 19.7. The topological polar surface area (TPSA) is 53.7 Å². The van der Waals surface area contributed by atoms with Gasteiger partial charge in [-0.3, -0.25) is 9.98 Å². The summed E-state index contributed by atoms with van der Waals surface area (Å²) >= 11 is 7.59. The van der Waals surface area contributed by atoms with Gasteiger partial charge in [0.05, 0.1) is 17.2 Å². The minimum Gasteiger partial charge on any atom is -0.374 e. The molecule has 1 aliphatic rings. The van der Waals surface area contributed by atoms with Crippen LogP contribution in [0, 0.1) is 29.8 Å². The Hall–Kier alpha value is -3.23. The van der Waals surface area contributed by atoms with Gasteiger partial charge in [0.2, 0.25) is 0 Å². The number of nitrogens with zero attached hydrogens (tertiary/aromatic N) is 2. The maximum absolute atomic E-state index is 15.1. The lowest BCUT2D eigenvalue weighted by Gasteiger charge is -2.25. The van der Waals surface area contributed by atoms with Gasteiger partial charge in [-0.2, -0.15) is 0 Å². The molecule has 0 spiro atoms. The van der Waals surface area contributed by atoms with Crippen LogP contribution in [-0.4, -0.2) is 21.9 Å². The van der Waals surface area contributed by atoms with Gasteiger partial charge in [0, 0.05) is 34.5 Å². The standard InChI is InChI=1S/C32H32ClF3N4S/c1-19-15-22(8-13-27(19)33)25-6-3-7-30-31(25)40(24-11-9-23(34)10-12-24)32(39-30)41-18-26-28(35)16-21(17-29(26)36)5-4-14-38-20(2)37/h8-13,15-17,25H,3-7,14,18H2,1-2H3,(H2,37,38). The van der Waals surface area contributed by atoms with Crippen LogP contribution in [0.3, 0.4) is 0 Å². The summed E-state index contributed by atoms with van der Waals surface area (Å²) < 4.78 is 46.1. The molecule has 1 atom stereocenters. The van der Waals surface area contributed by atoms with E-state index in [1.165, 1.54) is 36.0 Å². The van der Waals surface area contributed by atoms with Crippen molar-refractivity contribution in [3.05, 3.63) is 111 Å². The molecule has 1 aliphatic carbocycles. The highest BCUT2D eigenvalue weighted by Crippen LogP contribution is 2.42. The van der Waals surface area contributed by atoms with E-state index in [1.807, 2.05) is 23.6 Å². The summed E-state index contributed by atoms with van der Waals surface area (Å²) in [5.74, 6) is -1.01. The molecule has 1 heterocycles. The summed E-state index contributed by atoms with van der Waals surface area (Å²) in [4.78, 5) is 4.96. The molecule has 0 saturated carbocycles. The maximum atomic E-state index is 15.1. The molecular formula is C32H32ClF3N4S. The van der Waals surface area contributed by atoms with E-state index in [9.17, 15) is 4.39 Å². The first-order valence-corrected chi connectivity index (χ1v) is 15.1. The van der Waals surface area contributed by atoms with Crippen molar-refractivity contribution < 1.29 is 13.2 Å². The number of amidine groups is 1. The van der Waals surface area contributed by atoms with Crippen molar-refractivity contribution in [3.63, 3.8) is 0 Å². The monoisotopic (exact) mass is 596 g/mol. The molecule has 0 amide bonds. The third-order valence-electron chi connectivity index (χ3n) is 7.44. The lowest BCUT2D eigenvalue weighted by atomic mass is 9.83. The first-order valence-electron chi connectivity index (χ1n) is 13.7. The number of fused-ring (bicyclic) bond motifs is 1. The summed E-state index contributed by atoms with van der Waals surface area (Å²) in [6.45, 7) is 4.21. The molecule has 0 saturated heterocycles. The van der Waals surface area contributed by atoms with Gasteiger partial charge in [-0.1, -0.05) is 35.5 Å². The van der Waals surface area contributed by atoms with E-state index < -0.39 is 11.6 Å². The number of thioether (sulfide) groups is 1. The number of hydrogen-bond acceptors (Lipinski definition) is 3. The van der Waals surface area contributed by atoms with Crippen molar-refractivity contribution in [2.75, 3.05) is 6.54 Å². The van der Waals surface area contributed by atoms with E-state index >= 15 is 8.78 Å². The van der Waals surface area contributed by atoms with Gasteiger partial charge in [-0.25, -0.2) is 18.2 Å². The van der Waals surface area contributed by atoms with Crippen molar-refractivity contribution in [2.45, 2.75) is 62.8 Å². The molecule has 0 aliphatic heterocycles. The SMILES string of the molecule is CC(=N)NCCCc1cc(F)c(CSc2nc3c(n2-c2ccc(F)cc2)C(c2ccc(Cl)c(C)c2)CCC3)c(F)c1. The Balaban J connectivity index is 1.46. The minimum absolute atomic E-state index is 0.00344. The van der Waals surface area contributed by atoms with Gasteiger partial charge < -0.3 is 5.32 Å². The summed E-state index contributed by atoms with van der Waals surface area (Å²) in [7, 11) is 0. The molecule has 5 rings (SSSR count). The highest BCUT2D eigenvalue weighted by Gasteiger charge is 2.30. The fourth-order valence-electron chi connectivity index (χ4n) is 5.39. The molecule has 3 aromatic carbocycles. The Morgan fingerprint density at radius 1 is 1.10 bits per heavy atom. The Morgan fingerprint density at radius 2 is 1.83 bits per heavy atom. The van der Waals surface area contributed by atoms with Crippen molar-refractivity contribution in [1.82, 2.24) is 14.9 Å². The average Bonchev–Trinajstić information content (AvgIpc) is 3.31. The molecule has 4 nitrogen and oxygen atoms in total. The van der Waals surface area contributed by atoms with E-state index in [4.69, 9.17) is 22.0 Å². The highest BCUT2D eigenvalue weighted by atomic mass is 35.5. The lowest BCUT2D eigenvalue weighted by Crippen LogP contribution is -2.20. The van der Waals surface area contributed by atoms with E-state index in [-0.39, 0.29) is 23.1 Å². The molecule has 41 heavy (non-hydrogen) atoms. The van der Waals surface area contributed by atoms with Gasteiger partial charge in [0.25, 0.3) is 0 Å². The average molecular weight is 597 g/mol. The zero-order chi connectivity index (χ0) is 29.1. The zero-order valence-corrected chi connectivity index (χ0v) is 24.6. The molecular weight excluding hydrogens is 565 g/mol. The molecule has 9 heteroatoms. The Kier molecular flexibility index (Phi) is 9.09. The van der Waals surface area contributed by atoms with Crippen molar-refractivity contribution in [2.24, 2.45) is 0 Å². The summed E-state index contributed by atoms with van der Waals surface area (Å²) in [5.41, 5.74) is 5.44. The fourth-order valence-corrected chi connectivity index (χ4v) is 6.57. The molecule has 0 fully saturated rings. The molecule has 0 radical (unpaired) electrons. The third kappa shape index (κ3) is 6.65. The van der Waals surface area contributed by atoms with Crippen LogP contribution in [0.5, 0.6) is 0 Å². The number of benzene rings is 3. The normalized spacial score (nSPS) is 14.6. The van der Waals surface area contributed by atoms with Gasteiger partial charge in [-0.05, 0) is 105 Å². The van der Waals surface area contributed by atoms with Gasteiger partial charge in [-0.15, -0.1) is 0 Å². The molecule has 0 bridgehead atoms. The van der Waals surface area contributed by atoms with Crippen LogP contribution in [-0.2, 0) is 18.6 Å². The summed E-state index contributed by atoms with van der Waals surface area (Å²) in [6, 6.07) is 15.1. The number of rotatable bonds is 9. The number of imidazole rings is 1. The largest absolute Gasteiger partial charge is 0.374 e. The zero-order valence-electron chi connectivity index (χ0n) is 23.0. The predicted molar refractivity (Wildman–Crippen MR) is 160 cm³/mol. The van der Waals surface area contributed by atoms with Crippen molar-refractivity contribution >= 4 is 29.2 Å². The molecule has 1 unspecified atom stereocenters. The number of aryl methyl sites for hydroxylation is 3. The third-order valence-corrected chi connectivity index (χ3v) is 8.83. The van der Waals surface area contributed by atoms with Crippen LogP contribution in [0.1, 0.15) is 65.7 Å². The van der Waals surface area contributed by atoms with Gasteiger partial charge >= 0.3 is 0 Å². The van der Waals surface area contributed by atoms with E-state index in [2.05, 4.69) is 11.4 Å². The lowest BCUT2D eigenvalue weighted by molar-refractivity contribution is 0.561. The van der Waals surface area contributed by atoms with Crippen LogP contribution in [0.25, 0.3) is 5.69 Å². The summed E-state index contributed by atoms with van der Waals surface area (Å²) in [6.07, 6.45) is 3.85. The van der Waals surface area contributed by atoms with Crippen LogP contribution >= 0.6 is 23.4 Å². The minimum atomic E-state index is -0.581. The Bertz CT molecular complexity index is 1550. The van der Waals surface area contributed by atoms with Crippen LogP contribution in [0.2, 0.25) is 5.02 Å². The van der Waals surface area contributed by atoms with Crippen LogP contribution in [0.4, 0.5) is 13.2 Å². The molecule has 214 valence electrons. The second kappa shape index (κ2) is 12.7. The van der Waals surface area contributed by atoms with Gasteiger partial charge in [0.1, 0.15) is 17.5 Å². The Labute approximate surface area is 247 Å². The quantitative estimate of drug-likeness (QED) is 0.0881. The summed E-state index contributed by atoms with van der Waals surface area (Å²) in [5, 5.41) is 11.7.